The van der Waals surface area contributed by atoms with Crippen molar-refractivity contribution < 1.29 is 14.3 Å². The summed E-state index contributed by atoms with van der Waals surface area (Å²) in [5.74, 6) is 1.12. The fourth-order valence-electron chi connectivity index (χ4n) is 2.73. The first kappa shape index (κ1) is 18.7. The van der Waals surface area contributed by atoms with Crippen LogP contribution in [-0.4, -0.2) is 24.1 Å². The van der Waals surface area contributed by atoms with Crippen LogP contribution < -0.4 is 14.8 Å². The lowest BCUT2D eigenvalue weighted by Crippen LogP contribution is -2.13. The molecular formula is C22H24N2O3. The summed E-state index contributed by atoms with van der Waals surface area (Å²) in [7, 11) is 0. The Bertz CT molecular complexity index is 919. The van der Waals surface area contributed by atoms with E-state index in [0.717, 1.165) is 18.2 Å². The van der Waals surface area contributed by atoms with Crippen LogP contribution in [0, 0.1) is 0 Å². The molecule has 0 saturated heterocycles. The molecule has 3 aromatic rings. The first-order valence-corrected chi connectivity index (χ1v) is 9.27. The zero-order valence-corrected chi connectivity index (χ0v) is 15.7. The fourth-order valence-corrected chi connectivity index (χ4v) is 2.73. The van der Waals surface area contributed by atoms with Crippen LogP contribution in [0.15, 0.2) is 54.7 Å². The molecule has 0 unspecified atom stereocenters. The van der Waals surface area contributed by atoms with Crippen molar-refractivity contribution >= 4 is 22.5 Å². The zero-order valence-electron chi connectivity index (χ0n) is 15.7. The lowest BCUT2D eigenvalue weighted by Gasteiger charge is -2.14. The molecule has 0 fully saturated rings. The maximum atomic E-state index is 12.8. The van der Waals surface area contributed by atoms with Crippen molar-refractivity contribution in [2.75, 3.05) is 18.5 Å². The number of anilines is 1. The Morgan fingerprint density at radius 2 is 1.70 bits per heavy atom. The molecule has 0 aliphatic heterocycles. The Labute approximate surface area is 159 Å². The van der Waals surface area contributed by atoms with E-state index >= 15 is 0 Å². The van der Waals surface area contributed by atoms with Crippen LogP contribution in [0.5, 0.6) is 11.5 Å². The second-order valence-electron chi connectivity index (χ2n) is 6.19. The summed E-state index contributed by atoms with van der Waals surface area (Å²) in [5.41, 5.74) is 1.88. The van der Waals surface area contributed by atoms with Gasteiger partial charge in [-0.1, -0.05) is 32.0 Å². The van der Waals surface area contributed by atoms with E-state index in [1.165, 1.54) is 0 Å². The average Bonchev–Trinajstić information content (AvgIpc) is 2.71. The number of nitrogens with zero attached hydrogens (tertiary/aromatic N) is 1. The van der Waals surface area contributed by atoms with Gasteiger partial charge in [0.15, 0.2) is 11.5 Å². The van der Waals surface area contributed by atoms with Crippen molar-refractivity contribution in [3.8, 4) is 11.5 Å². The zero-order chi connectivity index (χ0) is 19.1. The van der Waals surface area contributed by atoms with Crippen molar-refractivity contribution in [2.45, 2.75) is 26.7 Å². The van der Waals surface area contributed by atoms with Gasteiger partial charge in [0.1, 0.15) is 0 Å². The van der Waals surface area contributed by atoms with Gasteiger partial charge in [-0.3, -0.25) is 9.78 Å². The number of fused-ring (bicyclic) bond motifs is 1. The van der Waals surface area contributed by atoms with Crippen molar-refractivity contribution in [1.82, 2.24) is 4.98 Å². The Balaban J connectivity index is 1.84. The number of hydrogen-bond acceptors (Lipinski definition) is 4. The number of ether oxygens (including phenoxy) is 2. The highest BCUT2D eigenvalue weighted by Gasteiger charge is 2.13. The van der Waals surface area contributed by atoms with Gasteiger partial charge < -0.3 is 14.8 Å². The quantitative estimate of drug-likeness (QED) is 0.606. The number of nitrogens with one attached hydrogen (secondary N) is 1. The van der Waals surface area contributed by atoms with E-state index in [4.69, 9.17) is 9.47 Å². The molecule has 0 aliphatic rings. The topological polar surface area (TPSA) is 60.5 Å². The average molecular weight is 364 g/mol. The van der Waals surface area contributed by atoms with Crippen molar-refractivity contribution in [3.05, 3.63) is 60.3 Å². The van der Waals surface area contributed by atoms with Crippen LogP contribution in [0.1, 0.15) is 37.0 Å². The van der Waals surface area contributed by atoms with Crippen molar-refractivity contribution in [3.63, 3.8) is 0 Å². The van der Waals surface area contributed by atoms with Gasteiger partial charge in [-0.2, -0.15) is 0 Å². The molecule has 0 atom stereocenters. The number of rotatable bonds is 8. The third kappa shape index (κ3) is 4.56. The minimum absolute atomic E-state index is 0.206. The van der Waals surface area contributed by atoms with Gasteiger partial charge in [-0.15, -0.1) is 0 Å². The second-order valence-corrected chi connectivity index (χ2v) is 6.19. The van der Waals surface area contributed by atoms with E-state index < -0.39 is 0 Å². The third-order valence-corrected chi connectivity index (χ3v) is 4.00. The number of benzene rings is 2. The summed E-state index contributed by atoms with van der Waals surface area (Å²) in [6, 6.07) is 14.8. The van der Waals surface area contributed by atoms with E-state index in [-0.39, 0.29) is 5.91 Å². The number of pyridine rings is 1. The first-order valence-electron chi connectivity index (χ1n) is 9.27. The van der Waals surface area contributed by atoms with E-state index in [1.807, 2.05) is 43.3 Å². The SMILES string of the molecule is CCCOc1ccc(NC(=O)c2cccc3cccnc23)cc1OCCC. The largest absolute Gasteiger partial charge is 0.490 e. The molecule has 3 rings (SSSR count). The third-order valence-electron chi connectivity index (χ3n) is 4.00. The number of hydrogen-bond donors (Lipinski definition) is 1. The smallest absolute Gasteiger partial charge is 0.257 e. The Kier molecular flexibility index (Phi) is 6.26. The summed E-state index contributed by atoms with van der Waals surface area (Å²) in [5, 5.41) is 3.87. The molecule has 2 aromatic carbocycles. The molecule has 1 N–H and O–H groups in total. The maximum Gasteiger partial charge on any atom is 0.257 e. The summed E-state index contributed by atoms with van der Waals surface area (Å²) >= 11 is 0. The van der Waals surface area contributed by atoms with E-state index in [9.17, 15) is 4.79 Å². The molecule has 1 amide bonds. The molecule has 27 heavy (non-hydrogen) atoms. The van der Waals surface area contributed by atoms with Gasteiger partial charge in [0.25, 0.3) is 5.91 Å². The molecule has 0 spiro atoms. The Morgan fingerprint density at radius 3 is 2.48 bits per heavy atom. The van der Waals surface area contributed by atoms with Crippen molar-refractivity contribution in [2.24, 2.45) is 0 Å². The van der Waals surface area contributed by atoms with Gasteiger partial charge >= 0.3 is 0 Å². The van der Waals surface area contributed by atoms with Crippen LogP contribution in [-0.2, 0) is 0 Å². The molecule has 0 saturated carbocycles. The molecule has 1 aromatic heterocycles. The van der Waals surface area contributed by atoms with E-state index in [0.29, 0.717) is 41.5 Å². The van der Waals surface area contributed by atoms with Crippen LogP contribution >= 0.6 is 0 Å². The number of para-hydroxylation sites is 1. The molecule has 140 valence electrons. The number of amides is 1. The molecule has 0 aliphatic carbocycles. The first-order chi connectivity index (χ1) is 13.2. The normalized spacial score (nSPS) is 10.6. The Morgan fingerprint density at radius 1 is 0.963 bits per heavy atom. The highest BCUT2D eigenvalue weighted by atomic mass is 16.5. The Hall–Kier alpha value is -3.08. The highest BCUT2D eigenvalue weighted by Crippen LogP contribution is 2.31. The van der Waals surface area contributed by atoms with Crippen molar-refractivity contribution in [1.29, 1.82) is 0 Å². The van der Waals surface area contributed by atoms with Crippen LogP contribution in [0.25, 0.3) is 10.9 Å². The minimum Gasteiger partial charge on any atom is -0.490 e. The molecule has 5 nitrogen and oxygen atoms in total. The van der Waals surface area contributed by atoms with Crippen LogP contribution in [0.2, 0.25) is 0 Å². The molecule has 0 radical (unpaired) electrons. The summed E-state index contributed by atoms with van der Waals surface area (Å²) in [4.78, 5) is 17.1. The monoisotopic (exact) mass is 364 g/mol. The van der Waals surface area contributed by atoms with Gasteiger partial charge in [0.05, 0.1) is 24.3 Å². The lowest BCUT2D eigenvalue weighted by atomic mass is 10.1. The lowest BCUT2D eigenvalue weighted by molar-refractivity contribution is 0.102. The molecule has 5 heteroatoms. The van der Waals surface area contributed by atoms with Gasteiger partial charge in [0.2, 0.25) is 0 Å². The molecule has 0 bridgehead atoms. The number of aromatic nitrogens is 1. The summed E-state index contributed by atoms with van der Waals surface area (Å²) in [6.45, 7) is 5.31. The van der Waals surface area contributed by atoms with Gasteiger partial charge in [-0.05, 0) is 37.1 Å². The predicted molar refractivity (Wildman–Crippen MR) is 108 cm³/mol. The maximum absolute atomic E-state index is 12.8. The molecular weight excluding hydrogens is 340 g/mol. The van der Waals surface area contributed by atoms with Crippen LogP contribution in [0.4, 0.5) is 5.69 Å². The minimum atomic E-state index is -0.206. The van der Waals surface area contributed by atoms with Gasteiger partial charge in [-0.25, -0.2) is 0 Å². The highest BCUT2D eigenvalue weighted by molar-refractivity contribution is 6.11. The standard InChI is InChI=1S/C22H24N2O3/c1-3-13-26-19-11-10-17(15-20(19)27-14-4-2)24-22(25)18-9-5-7-16-8-6-12-23-21(16)18/h5-12,15H,3-4,13-14H2,1-2H3,(H,24,25). The summed E-state index contributed by atoms with van der Waals surface area (Å²) in [6.07, 6.45) is 3.50. The van der Waals surface area contributed by atoms with E-state index in [1.54, 1.807) is 18.3 Å². The molecule has 1 heterocycles. The predicted octanol–water partition coefficient (Wildman–Crippen LogP) is 5.06. The number of carbonyl (C=O) groups excluding carboxylic acids is 1. The van der Waals surface area contributed by atoms with Gasteiger partial charge in [0, 0.05) is 23.3 Å². The van der Waals surface area contributed by atoms with E-state index in [2.05, 4.69) is 17.2 Å². The second kappa shape index (κ2) is 9.03. The van der Waals surface area contributed by atoms with Crippen LogP contribution in [0.3, 0.4) is 0 Å². The fraction of sp³-hybridized carbons (Fsp3) is 0.273. The summed E-state index contributed by atoms with van der Waals surface area (Å²) < 4.78 is 11.5. The number of carbonyl (C=O) groups is 1.